The molecule has 1 heterocycles. The highest BCUT2D eigenvalue weighted by atomic mass is 19.4. The van der Waals surface area contributed by atoms with Crippen molar-refractivity contribution in [3.63, 3.8) is 0 Å². The summed E-state index contributed by atoms with van der Waals surface area (Å²) < 4.78 is 41.9. The fraction of sp³-hybridized carbons (Fsp3) is 0.440. The average molecular weight is 478 g/mol. The maximum atomic E-state index is 12.7. The number of hydrogen-bond donors (Lipinski definition) is 1. The highest BCUT2D eigenvalue weighted by Gasteiger charge is 2.32. The largest absolute Gasteiger partial charge is 0.573 e. The molecule has 1 aliphatic rings. The zero-order valence-electron chi connectivity index (χ0n) is 19.2. The van der Waals surface area contributed by atoms with Crippen LogP contribution in [0.2, 0.25) is 0 Å². The second kappa shape index (κ2) is 11.9. The van der Waals surface area contributed by atoms with Crippen LogP contribution in [0.25, 0.3) is 0 Å². The topological polar surface area (TPSA) is 61.9 Å². The van der Waals surface area contributed by atoms with Crippen LogP contribution in [-0.4, -0.2) is 60.2 Å². The first kappa shape index (κ1) is 25.6. The minimum atomic E-state index is -4.80. The van der Waals surface area contributed by atoms with E-state index in [-0.39, 0.29) is 42.3 Å². The molecule has 0 bridgehead atoms. The predicted molar refractivity (Wildman–Crippen MR) is 122 cm³/mol. The minimum Gasteiger partial charge on any atom is -0.405 e. The summed E-state index contributed by atoms with van der Waals surface area (Å²) in [7, 11) is 0. The van der Waals surface area contributed by atoms with E-state index in [1.807, 2.05) is 30.0 Å². The van der Waals surface area contributed by atoms with Gasteiger partial charge in [-0.2, -0.15) is 0 Å². The number of nitrogens with zero attached hydrogens (tertiary/aromatic N) is 2. The van der Waals surface area contributed by atoms with Crippen LogP contribution in [0, 0.1) is 0 Å². The Labute approximate surface area is 197 Å². The lowest BCUT2D eigenvalue weighted by Gasteiger charge is -2.38. The second-order valence-corrected chi connectivity index (χ2v) is 8.29. The maximum absolute atomic E-state index is 12.7. The smallest absolute Gasteiger partial charge is 0.405 e. The Morgan fingerprint density at radius 3 is 2.35 bits per heavy atom. The zero-order valence-corrected chi connectivity index (χ0v) is 19.2. The van der Waals surface area contributed by atoms with Crippen LogP contribution in [-0.2, 0) is 11.3 Å². The van der Waals surface area contributed by atoms with E-state index in [2.05, 4.69) is 15.0 Å². The Bertz CT molecular complexity index is 945. The number of nitrogens with one attached hydrogen (secondary N) is 1. The molecule has 0 aromatic heterocycles. The maximum Gasteiger partial charge on any atom is 0.573 e. The number of amides is 2. The van der Waals surface area contributed by atoms with E-state index >= 15 is 0 Å². The predicted octanol–water partition coefficient (Wildman–Crippen LogP) is 4.22. The summed E-state index contributed by atoms with van der Waals surface area (Å²) in [6.45, 7) is 4.06. The highest BCUT2D eigenvalue weighted by Crippen LogP contribution is 2.26. The second-order valence-electron chi connectivity index (χ2n) is 8.29. The quantitative estimate of drug-likeness (QED) is 0.588. The van der Waals surface area contributed by atoms with Crippen molar-refractivity contribution in [1.29, 1.82) is 0 Å². The van der Waals surface area contributed by atoms with Gasteiger partial charge in [0.15, 0.2) is 0 Å². The molecule has 0 radical (unpaired) electrons. The molecule has 0 unspecified atom stereocenters. The first-order chi connectivity index (χ1) is 16.3. The molecular weight excluding hydrogens is 447 g/mol. The summed E-state index contributed by atoms with van der Waals surface area (Å²) in [5, 5.41) is 2.71. The summed E-state index contributed by atoms with van der Waals surface area (Å²) in [6, 6.07) is 15.1. The summed E-state index contributed by atoms with van der Waals surface area (Å²) in [4.78, 5) is 29.2. The van der Waals surface area contributed by atoms with Crippen LogP contribution in [0.5, 0.6) is 5.75 Å². The number of para-hydroxylation sites is 1. The Hall–Kier alpha value is -3.07. The van der Waals surface area contributed by atoms with E-state index in [1.165, 1.54) is 18.2 Å². The number of carbonyl (C=O) groups is 2. The minimum absolute atomic E-state index is 0.0126. The van der Waals surface area contributed by atoms with Gasteiger partial charge in [0.2, 0.25) is 5.91 Å². The van der Waals surface area contributed by atoms with Crippen molar-refractivity contribution in [2.75, 3.05) is 26.2 Å². The Balaban J connectivity index is 1.52. The molecule has 2 aromatic rings. The van der Waals surface area contributed by atoms with Gasteiger partial charge in [0.1, 0.15) is 5.75 Å². The van der Waals surface area contributed by atoms with Crippen molar-refractivity contribution < 1.29 is 27.5 Å². The van der Waals surface area contributed by atoms with Crippen molar-refractivity contribution in [3.8, 4) is 5.75 Å². The lowest BCUT2D eigenvalue weighted by Crippen LogP contribution is -2.49. The van der Waals surface area contributed by atoms with Crippen LogP contribution in [0.3, 0.4) is 0 Å². The number of halogens is 3. The standard InChI is InChI=1S/C25H30F3N3O3/c1-2-14-31(21-12-15-30(16-13-21)24(33)19-8-4-3-5-9-19)18-23(32)29-17-20-10-6-7-11-22(20)34-25(26,27)28/h3-11,21H,2,12-18H2,1H3,(H,29,32). The third-order valence-corrected chi connectivity index (χ3v) is 5.82. The van der Waals surface area contributed by atoms with Crippen molar-refractivity contribution in [2.24, 2.45) is 0 Å². The van der Waals surface area contributed by atoms with Gasteiger partial charge in [-0.1, -0.05) is 43.3 Å². The average Bonchev–Trinajstić information content (AvgIpc) is 2.82. The third-order valence-electron chi connectivity index (χ3n) is 5.82. The normalized spacial score (nSPS) is 14.8. The molecule has 1 aliphatic heterocycles. The lowest BCUT2D eigenvalue weighted by molar-refractivity contribution is -0.274. The van der Waals surface area contributed by atoms with Gasteiger partial charge in [-0.25, -0.2) is 0 Å². The van der Waals surface area contributed by atoms with Crippen molar-refractivity contribution >= 4 is 11.8 Å². The van der Waals surface area contributed by atoms with Gasteiger partial charge in [-0.15, -0.1) is 13.2 Å². The molecule has 6 nitrogen and oxygen atoms in total. The number of carbonyl (C=O) groups excluding carboxylic acids is 2. The van der Waals surface area contributed by atoms with E-state index in [1.54, 1.807) is 18.2 Å². The molecule has 0 spiro atoms. The van der Waals surface area contributed by atoms with Gasteiger partial charge in [0.25, 0.3) is 5.91 Å². The molecule has 9 heteroatoms. The van der Waals surface area contributed by atoms with Crippen molar-refractivity contribution in [1.82, 2.24) is 15.1 Å². The van der Waals surface area contributed by atoms with E-state index in [0.29, 0.717) is 18.7 Å². The molecule has 0 atom stereocenters. The number of piperidine rings is 1. The van der Waals surface area contributed by atoms with Crippen LogP contribution >= 0.6 is 0 Å². The SMILES string of the molecule is CCCN(CC(=O)NCc1ccccc1OC(F)(F)F)C1CCN(C(=O)c2ccccc2)CC1. The number of ether oxygens (including phenoxy) is 1. The number of rotatable bonds is 9. The van der Waals surface area contributed by atoms with Crippen molar-refractivity contribution in [3.05, 3.63) is 65.7 Å². The number of benzene rings is 2. The van der Waals surface area contributed by atoms with E-state index in [0.717, 1.165) is 25.8 Å². The first-order valence-electron chi connectivity index (χ1n) is 11.5. The number of hydrogen-bond acceptors (Lipinski definition) is 4. The molecule has 184 valence electrons. The Morgan fingerprint density at radius 2 is 1.71 bits per heavy atom. The highest BCUT2D eigenvalue weighted by molar-refractivity contribution is 5.94. The van der Waals surface area contributed by atoms with Gasteiger partial charge in [0.05, 0.1) is 6.54 Å². The van der Waals surface area contributed by atoms with Gasteiger partial charge >= 0.3 is 6.36 Å². The summed E-state index contributed by atoms with van der Waals surface area (Å²) in [5.41, 5.74) is 0.920. The summed E-state index contributed by atoms with van der Waals surface area (Å²) in [6.07, 6.45) is -2.42. The van der Waals surface area contributed by atoms with Gasteiger partial charge in [-0.3, -0.25) is 14.5 Å². The molecule has 0 saturated carbocycles. The fourth-order valence-electron chi connectivity index (χ4n) is 4.18. The summed E-state index contributed by atoms with van der Waals surface area (Å²) in [5.74, 6) is -0.576. The molecule has 1 fully saturated rings. The Morgan fingerprint density at radius 1 is 1.06 bits per heavy atom. The fourth-order valence-corrected chi connectivity index (χ4v) is 4.18. The van der Waals surface area contributed by atoms with Gasteiger partial charge in [-0.05, 0) is 44.0 Å². The lowest BCUT2D eigenvalue weighted by atomic mass is 10.0. The van der Waals surface area contributed by atoms with E-state index in [9.17, 15) is 22.8 Å². The van der Waals surface area contributed by atoms with E-state index < -0.39 is 6.36 Å². The van der Waals surface area contributed by atoms with E-state index in [4.69, 9.17) is 0 Å². The molecule has 2 amide bonds. The zero-order chi connectivity index (χ0) is 24.6. The molecule has 2 aromatic carbocycles. The molecule has 3 rings (SSSR count). The van der Waals surface area contributed by atoms with Crippen molar-refractivity contribution in [2.45, 2.75) is 45.1 Å². The molecule has 1 N–H and O–H groups in total. The van der Waals surface area contributed by atoms with Crippen LogP contribution in [0.15, 0.2) is 54.6 Å². The monoisotopic (exact) mass is 477 g/mol. The van der Waals surface area contributed by atoms with Crippen LogP contribution in [0.1, 0.15) is 42.1 Å². The van der Waals surface area contributed by atoms with Crippen LogP contribution < -0.4 is 10.1 Å². The number of alkyl halides is 3. The number of likely N-dealkylation sites (tertiary alicyclic amines) is 1. The molecule has 34 heavy (non-hydrogen) atoms. The van der Waals surface area contributed by atoms with Gasteiger partial charge < -0.3 is 15.0 Å². The molecular formula is C25H30F3N3O3. The first-order valence-corrected chi connectivity index (χ1v) is 11.5. The summed E-state index contributed by atoms with van der Waals surface area (Å²) >= 11 is 0. The van der Waals surface area contributed by atoms with Gasteiger partial charge in [0, 0.05) is 36.8 Å². The Kier molecular flexibility index (Phi) is 8.92. The van der Waals surface area contributed by atoms with Crippen LogP contribution in [0.4, 0.5) is 13.2 Å². The molecule has 1 saturated heterocycles. The molecule has 0 aliphatic carbocycles. The third kappa shape index (κ3) is 7.48.